The summed E-state index contributed by atoms with van der Waals surface area (Å²) in [7, 11) is 1.91. The van der Waals surface area contributed by atoms with Gasteiger partial charge in [0.25, 0.3) is 0 Å². The minimum Gasteiger partial charge on any atom is -0.486 e. The first-order chi connectivity index (χ1) is 7.78. The van der Waals surface area contributed by atoms with Crippen molar-refractivity contribution in [3.05, 3.63) is 12.4 Å². The Balaban J connectivity index is 1.80. The first-order valence-corrected chi connectivity index (χ1v) is 6.16. The van der Waals surface area contributed by atoms with Gasteiger partial charge in [0, 0.05) is 19.6 Å². The van der Waals surface area contributed by atoms with Gasteiger partial charge in [-0.05, 0) is 19.3 Å². The molecule has 1 heterocycles. The lowest BCUT2D eigenvalue weighted by Crippen LogP contribution is -2.32. The molecule has 1 unspecified atom stereocenters. The minimum atomic E-state index is 0.273. The first kappa shape index (κ1) is 11.5. The Labute approximate surface area is 97.0 Å². The number of rotatable bonds is 7. The van der Waals surface area contributed by atoms with Gasteiger partial charge in [0.1, 0.15) is 6.10 Å². The molecule has 4 heteroatoms. The van der Waals surface area contributed by atoms with Crippen molar-refractivity contribution in [1.82, 2.24) is 15.1 Å². The molecular formula is C12H21N3O. The van der Waals surface area contributed by atoms with E-state index in [1.54, 1.807) is 10.9 Å². The zero-order valence-electron chi connectivity index (χ0n) is 10.1. The van der Waals surface area contributed by atoms with Gasteiger partial charge < -0.3 is 10.1 Å². The second-order valence-electron chi connectivity index (χ2n) is 4.56. The average Bonchev–Trinajstić information content (AvgIpc) is 3.00. The lowest BCUT2D eigenvalue weighted by molar-refractivity contribution is 0.186. The van der Waals surface area contributed by atoms with Crippen LogP contribution in [0.2, 0.25) is 0 Å². The van der Waals surface area contributed by atoms with E-state index in [0.717, 1.165) is 31.2 Å². The smallest absolute Gasteiger partial charge is 0.157 e. The lowest BCUT2D eigenvalue weighted by Gasteiger charge is -2.17. The molecule has 0 amide bonds. The van der Waals surface area contributed by atoms with Crippen LogP contribution in [0.3, 0.4) is 0 Å². The van der Waals surface area contributed by atoms with Crippen LogP contribution in [0, 0.1) is 0 Å². The van der Waals surface area contributed by atoms with Gasteiger partial charge in [-0.2, -0.15) is 5.10 Å². The SMILES string of the molecule is CCCC(CNC1CC1)Oc1cnn(C)c1. The van der Waals surface area contributed by atoms with E-state index < -0.39 is 0 Å². The molecule has 1 aromatic heterocycles. The molecule has 0 spiro atoms. The topological polar surface area (TPSA) is 39.1 Å². The van der Waals surface area contributed by atoms with Gasteiger partial charge in [-0.15, -0.1) is 0 Å². The third-order valence-electron chi connectivity index (χ3n) is 2.81. The van der Waals surface area contributed by atoms with E-state index in [-0.39, 0.29) is 6.10 Å². The molecule has 0 saturated heterocycles. The molecule has 90 valence electrons. The second-order valence-corrected chi connectivity index (χ2v) is 4.56. The minimum absolute atomic E-state index is 0.273. The van der Waals surface area contributed by atoms with Gasteiger partial charge in [0.05, 0.1) is 12.4 Å². The zero-order chi connectivity index (χ0) is 11.4. The Hall–Kier alpha value is -1.03. The van der Waals surface area contributed by atoms with Gasteiger partial charge in [-0.3, -0.25) is 4.68 Å². The molecular weight excluding hydrogens is 202 g/mol. The molecule has 4 nitrogen and oxygen atoms in total. The molecule has 1 aliphatic carbocycles. The van der Waals surface area contributed by atoms with Gasteiger partial charge in [0.2, 0.25) is 0 Å². The fourth-order valence-corrected chi connectivity index (χ4v) is 1.76. The van der Waals surface area contributed by atoms with Crippen molar-refractivity contribution in [1.29, 1.82) is 0 Å². The Morgan fingerprint density at radius 3 is 3.00 bits per heavy atom. The van der Waals surface area contributed by atoms with E-state index in [0.29, 0.717) is 0 Å². The summed E-state index contributed by atoms with van der Waals surface area (Å²) in [6, 6.07) is 0.747. The van der Waals surface area contributed by atoms with E-state index in [2.05, 4.69) is 17.3 Å². The predicted octanol–water partition coefficient (Wildman–Crippen LogP) is 1.72. The number of nitrogens with one attached hydrogen (secondary N) is 1. The van der Waals surface area contributed by atoms with Gasteiger partial charge in [0.15, 0.2) is 5.75 Å². The van der Waals surface area contributed by atoms with Crippen molar-refractivity contribution >= 4 is 0 Å². The molecule has 0 bridgehead atoms. The van der Waals surface area contributed by atoms with Crippen LogP contribution in [0.5, 0.6) is 5.75 Å². The third-order valence-corrected chi connectivity index (χ3v) is 2.81. The summed E-state index contributed by atoms with van der Waals surface area (Å²) in [5.74, 6) is 0.874. The number of nitrogens with zero attached hydrogens (tertiary/aromatic N) is 2. The molecule has 1 saturated carbocycles. The quantitative estimate of drug-likeness (QED) is 0.765. The van der Waals surface area contributed by atoms with Crippen LogP contribution in [-0.4, -0.2) is 28.5 Å². The van der Waals surface area contributed by atoms with Crippen molar-refractivity contribution in [3.63, 3.8) is 0 Å². The van der Waals surface area contributed by atoms with Crippen molar-refractivity contribution < 1.29 is 4.74 Å². The summed E-state index contributed by atoms with van der Waals surface area (Å²) in [4.78, 5) is 0. The maximum atomic E-state index is 5.91. The van der Waals surface area contributed by atoms with Crippen LogP contribution in [0.15, 0.2) is 12.4 Å². The normalized spacial score (nSPS) is 17.4. The highest BCUT2D eigenvalue weighted by Gasteiger charge is 2.22. The molecule has 1 atom stereocenters. The van der Waals surface area contributed by atoms with Gasteiger partial charge in [-0.25, -0.2) is 0 Å². The maximum absolute atomic E-state index is 5.91. The summed E-state index contributed by atoms with van der Waals surface area (Å²) in [5, 5.41) is 7.62. The number of ether oxygens (including phenoxy) is 1. The number of hydrogen-bond donors (Lipinski definition) is 1. The van der Waals surface area contributed by atoms with Crippen LogP contribution in [0.4, 0.5) is 0 Å². The van der Waals surface area contributed by atoms with Crippen molar-refractivity contribution in [2.24, 2.45) is 7.05 Å². The highest BCUT2D eigenvalue weighted by Crippen LogP contribution is 2.19. The van der Waals surface area contributed by atoms with Crippen LogP contribution in [0.1, 0.15) is 32.6 Å². The Morgan fingerprint density at radius 2 is 2.44 bits per heavy atom. The molecule has 1 aliphatic rings. The molecule has 0 aliphatic heterocycles. The van der Waals surface area contributed by atoms with Crippen LogP contribution in [-0.2, 0) is 7.05 Å². The van der Waals surface area contributed by atoms with E-state index in [9.17, 15) is 0 Å². The van der Waals surface area contributed by atoms with Crippen LogP contribution < -0.4 is 10.1 Å². The Morgan fingerprint density at radius 1 is 1.62 bits per heavy atom. The highest BCUT2D eigenvalue weighted by molar-refractivity contribution is 5.12. The fraction of sp³-hybridized carbons (Fsp3) is 0.750. The molecule has 1 fully saturated rings. The van der Waals surface area contributed by atoms with Crippen LogP contribution in [0.25, 0.3) is 0 Å². The van der Waals surface area contributed by atoms with Crippen molar-refractivity contribution in [3.8, 4) is 5.75 Å². The summed E-state index contributed by atoms with van der Waals surface area (Å²) >= 11 is 0. The van der Waals surface area contributed by atoms with Gasteiger partial charge >= 0.3 is 0 Å². The molecule has 16 heavy (non-hydrogen) atoms. The van der Waals surface area contributed by atoms with Crippen LogP contribution >= 0.6 is 0 Å². The van der Waals surface area contributed by atoms with E-state index in [1.807, 2.05) is 13.2 Å². The molecule has 2 rings (SSSR count). The maximum Gasteiger partial charge on any atom is 0.157 e. The van der Waals surface area contributed by atoms with Gasteiger partial charge in [-0.1, -0.05) is 13.3 Å². The average molecular weight is 223 g/mol. The Bertz CT molecular complexity index is 320. The number of hydrogen-bond acceptors (Lipinski definition) is 3. The van der Waals surface area contributed by atoms with E-state index in [1.165, 1.54) is 12.8 Å². The first-order valence-electron chi connectivity index (χ1n) is 6.16. The third kappa shape index (κ3) is 3.52. The second kappa shape index (κ2) is 5.34. The standard InChI is InChI=1S/C12H21N3O/c1-3-4-11(7-13-10-5-6-10)16-12-8-14-15(2)9-12/h8-11,13H,3-7H2,1-2H3. The van der Waals surface area contributed by atoms with E-state index >= 15 is 0 Å². The van der Waals surface area contributed by atoms with Crippen molar-refractivity contribution in [2.75, 3.05) is 6.54 Å². The number of aryl methyl sites for hydroxylation is 1. The predicted molar refractivity (Wildman–Crippen MR) is 63.6 cm³/mol. The van der Waals surface area contributed by atoms with Crippen molar-refractivity contribution in [2.45, 2.75) is 44.8 Å². The highest BCUT2D eigenvalue weighted by atomic mass is 16.5. The zero-order valence-corrected chi connectivity index (χ0v) is 10.1. The summed E-state index contributed by atoms with van der Waals surface area (Å²) in [6.07, 6.45) is 8.86. The summed E-state index contributed by atoms with van der Waals surface area (Å²) in [5.41, 5.74) is 0. The summed E-state index contributed by atoms with van der Waals surface area (Å²) in [6.45, 7) is 3.14. The molecule has 0 radical (unpaired) electrons. The van der Waals surface area contributed by atoms with E-state index in [4.69, 9.17) is 4.74 Å². The fourth-order valence-electron chi connectivity index (χ4n) is 1.76. The molecule has 1 N–H and O–H groups in total. The largest absolute Gasteiger partial charge is 0.486 e. The molecule has 1 aromatic rings. The lowest BCUT2D eigenvalue weighted by atomic mass is 10.2. The summed E-state index contributed by atoms with van der Waals surface area (Å²) < 4.78 is 7.68. The molecule has 0 aromatic carbocycles. The monoisotopic (exact) mass is 223 g/mol. The number of aromatic nitrogens is 2. The Kier molecular flexibility index (Phi) is 3.83.